The van der Waals surface area contributed by atoms with Crippen molar-refractivity contribution in [1.29, 1.82) is 0 Å². The van der Waals surface area contributed by atoms with Crippen LogP contribution in [0.15, 0.2) is 30.9 Å². The van der Waals surface area contributed by atoms with Crippen molar-refractivity contribution in [2.75, 3.05) is 0 Å². The Kier molecular flexibility index (Phi) is 4.35. The van der Waals surface area contributed by atoms with Crippen molar-refractivity contribution in [3.05, 3.63) is 53.9 Å². The third-order valence-corrected chi connectivity index (χ3v) is 4.67. The second-order valence-corrected chi connectivity index (χ2v) is 6.36. The minimum absolute atomic E-state index is 0.0648. The number of aryl methyl sites for hydroxylation is 1. The highest BCUT2D eigenvalue weighted by Gasteiger charge is 2.48. The largest absolute Gasteiger partial charge is 0.387 e. The van der Waals surface area contributed by atoms with Gasteiger partial charge in [0.1, 0.15) is 42.2 Å². The van der Waals surface area contributed by atoms with E-state index in [0.717, 1.165) is 18.5 Å². The molecule has 1 fully saturated rings. The van der Waals surface area contributed by atoms with Crippen molar-refractivity contribution in [3.8, 4) is 0 Å². The second-order valence-electron chi connectivity index (χ2n) is 6.36. The number of hydrogen-bond donors (Lipinski definition) is 3. The van der Waals surface area contributed by atoms with Crippen LogP contribution in [0.1, 0.15) is 23.7 Å². The van der Waals surface area contributed by atoms with Crippen LogP contribution in [0.4, 0.5) is 8.78 Å². The van der Waals surface area contributed by atoms with Crippen molar-refractivity contribution < 1.29 is 28.8 Å². The van der Waals surface area contributed by atoms with Crippen molar-refractivity contribution in [2.24, 2.45) is 0 Å². The third kappa shape index (κ3) is 2.86. The molecule has 1 aliphatic rings. The maximum absolute atomic E-state index is 14.3. The van der Waals surface area contributed by atoms with E-state index in [1.165, 1.54) is 17.0 Å². The maximum atomic E-state index is 14.3. The monoisotopic (exact) mass is 378 g/mol. The predicted molar refractivity (Wildman–Crippen MR) is 87.3 cm³/mol. The standard InChI is InChI=1S/C17H16F2N4O4/c1-7-11-9(19)5-23(16(11)22-6-21-7)17-14(26)13(25)15(27-17)12(24)10-3-2-8(18)4-20-10/h2-6,12-15,17,24-26H,1H3. The number of fused-ring (bicyclic) bond motifs is 1. The lowest BCUT2D eigenvalue weighted by molar-refractivity contribution is -0.0861. The number of aromatic nitrogens is 4. The number of ether oxygens (including phenoxy) is 1. The molecule has 3 aromatic rings. The first-order valence-electron chi connectivity index (χ1n) is 8.17. The van der Waals surface area contributed by atoms with Crippen LogP contribution in [0.3, 0.4) is 0 Å². The molecule has 142 valence electrons. The average Bonchev–Trinajstić information content (AvgIpc) is 3.13. The summed E-state index contributed by atoms with van der Waals surface area (Å²) in [4.78, 5) is 11.7. The first-order valence-corrected chi connectivity index (χ1v) is 8.17. The van der Waals surface area contributed by atoms with Gasteiger partial charge < -0.3 is 24.6 Å². The number of rotatable bonds is 3. The van der Waals surface area contributed by atoms with E-state index in [2.05, 4.69) is 15.0 Å². The molecule has 1 aliphatic heterocycles. The van der Waals surface area contributed by atoms with Gasteiger partial charge in [0, 0.05) is 6.20 Å². The fraction of sp³-hybridized carbons (Fsp3) is 0.353. The smallest absolute Gasteiger partial charge is 0.164 e. The lowest BCUT2D eigenvalue weighted by atomic mass is 10.0. The molecule has 0 saturated carbocycles. The molecule has 1 saturated heterocycles. The molecule has 4 rings (SSSR count). The van der Waals surface area contributed by atoms with E-state index in [1.807, 2.05) is 0 Å². The molecule has 10 heteroatoms. The van der Waals surface area contributed by atoms with Crippen LogP contribution in [0.5, 0.6) is 0 Å². The predicted octanol–water partition coefficient (Wildman–Crippen LogP) is 0.766. The van der Waals surface area contributed by atoms with Crippen LogP contribution in [-0.4, -0.2) is 53.2 Å². The van der Waals surface area contributed by atoms with E-state index in [4.69, 9.17) is 4.74 Å². The first kappa shape index (κ1) is 17.9. The summed E-state index contributed by atoms with van der Waals surface area (Å²) in [6, 6.07) is 2.35. The summed E-state index contributed by atoms with van der Waals surface area (Å²) in [5.74, 6) is -1.18. The van der Waals surface area contributed by atoms with Gasteiger partial charge in [0.15, 0.2) is 12.0 Å². The summed E-state index contributed by atoms with van der Waals surface area (Å²) in [7, 11) is 0. The van der Waals surface area contributed by atoms with Gasteiger partial charge in [-0.1, -0.05) is 0 Å². The molecule has 8 nitrogen and oxygen atoms in total. The SMILES string of the molecule is Cc1ncnc2c1c(F)cn2C1OC(C(O)c2ccc(F)cn2)C(O)C1O. The Morgan fingerprint density at radius 2 is 1.93 bits per heavy atom. The highest BCUT2D eigenvalue weighted by molar-refractivity contribution is 5.79. The maximum Gasteiger partial charge on any atom is 0.164 e. The van der Waals surface area contributed by atoms with Crippen molar-refractivity contribution in [1.82, 2.24) is 19.5 Å². The van der Waals surface area contributed by atoms with Crippen molar-refractivity contribution in [3.63, 3.8) is 0 Å². The molecule has 0 bridgehead atoms. The van der Waals surface area contributed by atoms with E-state index in [9.17, 15) is 24.1 Å². The second kappa shape index (κ2) is 6.57. The Hall–Kier alpha value is -2.53. The number of hydrogen-bond acceptors (Lipinski definition) is 7. The molecule has 0 radical (unpaired) electrons. The summed E-state index contributed by atoms with van der Waals surface area (Å²) < 4.78 is 34.2. The molecule has 0 aliphatic carbocycles. The van der Waals surface area contributed by atoms with Gasteiger partial charge in [-0.15, -0.1) is 0 Å². The Balaban J connectivity index is 1.68. The van der Waals surface area contributed by atoms with E-state index < -0.39 is 42.3 Å². The normalized spacial score (nSPS) is 26.6. The summed E-state index contributed by atoms with van der Waals surface area (Å²) >= 11 is 0. The summed E-state index contributed by atoms with van der Waals surface area (Å²) in [5.41, 5.74) is 0.665. The molecular weight excluding hydrogens is 362 g/mol. The molecule has 0 aromatic carbocycles. The van der Waals surface area contributed by atoms with E-state index in [0.29, 0.717) is 5.69 Å². The van der Waals surface area contributed by atoms with Gasteiger partial charge in [-0.2, -0.15) is 0 Å². The zero-order chi connectivity index (χ0) is 19.3. The Morgan fingerprint density at radius 1 is 1.15 bits per heavy atom. The van der Waals surface area contributed by atoms with Crippen LogP contribution >= 0.6 is 0 Å². The van der Waals surface area contributed by atoms with Crippen molar-refractivity contribution in [2.45, 2.75) is 37.6 Å². The molecule has 27 heavy (non-hydrogen) atoms. The number of halogens is 2. The molecule has 3 aromatic heterocycles. The molecule has 3 N–H and O–H groups in total. The number of aliphatic hydroxyl groups excluding tert-OH is 3. The van der Waals surface area contributed by atoms with Crippen LogP contribution < -0.4 is 0 Å². The summed E-state index contributed by atoms with van der Waals surface area (Å²) in [6.45, 7) is 1.62. The zero-order valence-corrected chi connectivity index (χ0v) is 14.1. The van der Waals surface area contributed by atoms with Crippen LogP contribution in [0.2, 0.25) is 0 Å². The Labute approximate surface area is 151 Å². The van der Waals surface area contributed by atoms with Gasteiger partial charge in [0.25, 0.3) is 0 Å². The minimum atomic E-state index is -1.49. The quantitative estimate of drug-likeness (QED) is 0.617. The lowest BCUT2D eigenvalue weighted by Gasteiger charge is -2.20. The van der Waals surface area contributed by atoms with Crippen LogP contribution in [0, 0.1) is 18.6 Å². The zero-order valence-electron chi connectivity index (χ0n) is 14.1. The lowest BCUT2D eigenvalue weighted by Crippen LogP contribution is -2.35. The molecule has 0 amide bonds. The first-order chi connectivity index (χ1) is 12.9. The Bertz CT molecular complexity index is 981. The molecule has 5 atom stereocenters. The fourth-order valence-corrected chi connectivity index (χ4v) is 3.29. The summed E-state index contributed by atoms with van der Waals surface area (Å²) in [6.07, 6.45) is -3.56. The molecule has 0 spiro atoms. The summed E-state index contributed by atoms with van der Waals surface area (Å²) in [5, 5.41) is 31.3. The third-order valence-electron chi connectivity index (χ3n) is 4.67. The molecule has 4 heterocycles. The topological polar surface area (TPSA) is 114 Å². The van der Waals surface area contributed by atoms with E-state index in [-0.39, 0.29) is 16.7 Å². The van der Waals surface area contributed by atoms with Gasteiger partial charge in [0.05, 0.1) is 23.0 Å². The van der Waals surface area contributed by atoms with Crippen LogP contribution in [0.25, 0.3) is 11.0 Å². The van der Waals surface area contributed by atoms with Gasteiger partial charge in [-0.05, 0) is 19.1 Å². The van der Waals surface area contributed by atoms with Gasteiger partial charge in [-0.3, -0.25) is 4.98 Å². The number of pyridine rings is 1. The highest BCUT2D eigenvalue weighted by atomic mass is 19.1. The molecular formula is C17H16F2N4O4. The van der Waals surface area contributed by atoms with Gasteiger partial charge >= 0.3 is 0 Å². The van der Waals surface area contributed by atoms with E-state index >= 15 is 0 Å². The van der Waals surface area contributed by atoms with Gasteiger partial charge in [-0.25, -0.2) is 18.7 Å². The number of nitrogens with zero attached hydrogens (tertiary/aromatic N) is 4. The van der Waals surface area contributed by atoms with E-state index in [1.54, 1.807) is 6.92 Å². The minimum Gasteiger partial charge on any atom is -0.387 e. The van der Waals surface area contributed by atoms with Crippen molar-refractivity contribution >= 4 is 11.0 Å². The fourth-order valence-electron chi connectivity index (χ4n) is 3.29. The van der Waals surface area contributed by atoms with Gasteiger partial charge in [0.2, 0.25) is 0 Å². The highest BCUT2D eigenvalue weighted by Crippen LogP contribution is 2.37. The van der Waals surface area contributed by atoms with Crippen LogP contribution in [-0.2, 0) is 4.74 Å². The average molecular weight is 378 g/mol. The number of aliphatic hydroxyl groups is 3. The Morgan fingerprint density at radius 3 is 2.63 bits per heavy atom. The molecule has 5 unspecified atom stereocenters.